The lowest BCUT2D eigenvalue weighted by atomic mass is 9.93. The molecule has 0 aromatic rings. The van der Waals surface area contributed by atoms with Crippen molar-refractivity contribution in [3.63, 3.8) is 0 Å². The minimum Gasteiger partial charge on any atom is -0.394 e. The lowest BCUT2D eigenvalue weighted by Crippen LogP contribution is -2.71. The number of carbonyl (C=O) groups excluding carboxylic acids is 3. The standard InChI is InChI=1S/C80H143N3O37/c1-6-8-10-12-14-16-18-20-22-24-26-28-30-32-45(91)44(83-52(92)33-31-29-27-25-23-21-19-17-15-13-11-9-7-2)39-107-77-65(103)62(100)68(49(37-87)113-77)117-79-66(104)63(101)69(50(38-88)114-79)118-80-67(105)72(58(96)48(36-86)112-80)120-76-54(82-43(5)90)71(119-78-64(102)60(98)56(94)46(34-84)111-78)59(97)51(115-76)40-108-75-53(81-42(4)89)70(57(95)47(35-85)110-75)116-73-61(99)55(93)41(3)109-74(73)106/h30,32,41,44-51,53-80,84-88,91,93-106H,6-29,31,33-40H2,1-5H3,(H,81,89)(H,82,90)(H,83,92)/b32-30+/t41?,44-,45+,46?,47?,48?,49?,50?,51?,53?,54?,55+,56-,57+,58-,59-,60-,61?,62+,63+,64?,65?,66?,67?,68+,69-,70+,71+,72-,73-,74+,75+,76-,77+,78-,79-,80-/m0/s1. The molecule has 7 fully saturated rings. The average molecular weight is 1740 g/mol. The predicted octanol–water partition coefficient (Wildman–Crippen LogP) is -4.35. The van der Waals surface area contributed by atoms with E-state index >= 15 is 0 Å². The van der Waals surface area contributed by atoms with Gasteiger partial charge in [-0.3, -0.25) is 14.4 Å². The highest BCUT2D eigenvalue weighted by atomic mass is 16.8. The van der Waals surface area contributed by atoms with Crippen molar-refractivity contribution in [2.45, 2.75) is 429 Å². The Morgan fingerprint density at radius 2 is 0.733 bits per heavy atom. The molecule has 7 rings (SSSR count). The molecule has 0 aliphatic carbocycles. The van der Waals surface area contributed by atoms with E-state index in [1.165, 1.54) is 103 Å². The average Bonchev–Trinajstić information content (AvgIpc) is 0.756. The summed E-state index contributed by atoms with van der Waals surface area (Å²) in [5.74, 6) is -2.12. The molecule has 0 spiro atoms. The van der Waals surface area contributed by atoms with Gasteiger partial charge in [-0.1, -0.05) is 167 Å². The first kappa shape index (κ1) is 104. The van der Waals surface area contributed by atoms with Gasteiger partial charge in [0, 0.05) is 20.3 Å². The number of aliphatic hydroxyl groups is 20. The number of amides is 3. The molecule has 0 aromatic heterocycles. The van der Waals surface area contributed by atoms with Gasteiger partial charge < -0.3 is 184 Å². The summed E-state index contributed by atoms with van der Waals surface area (Å²) in [6.07, 6.45) is -34.2. The largest absolute Gasteiger partial charge is 0.394 e. The molecule has 23 N–H and O–H groups in total. The van der Waals surface area contributed by atoms with Crippen LogP contribution in [-0.4, -0.2) is 393 Å². The van der Waals surface area contributed by atoms with Gasteiger partial charge in [0.25, 0.3) is 0 Å². The Balaban J connectivity index is 1.04. The Labute approximate surface area is 700 Å². The molecule has 0 aromatic carbocycles. The van der Waals surface area contributed by atoms with Crippen molar-refractivity contribution >= 4 is 17.7 Å². The first-order valence-electron chi connectivity index (χ1n) is 43.3. The lowest BCUT2D eigenvalue weighted by molar-refractivity contribution is -0.390. The SMILES string of the molecule is CCCCCCCCCCCCC/C=C/[C@@H](O)[C@H](CO[C@@H]1OC(CO)[C@@H](O[C@@H]2OC(CO)[C@H](O[C@@H]3OC(CO)[C@H](O)[C@H](O[C@@H]4OC(CO[C@@H]5OC(CO)[C@@H](O)[C@H](O[C@H]6C(O)[C@H](O)C(C)O[C@H]6O)C5NC(C)=O)[C@H](O)[C@H](O[C@@H]5OC(CO)[C@H](O)[C@H](O)C5O)C4NC(C)=O)C3O)[C@H](O)C2O)[C@H](O)C1O)NC(=O)CCCCCCCCCCCCCCC. The van der Waals surface area contributed by atoms with Crippen LogP contribution in [0.3, 0.4) is 0 Å². The van der Waals surface area contributed by atoms with E-state index in [-0.39, 0.29) is 12.3 Å². The number of hydrogen-bond acceptors (Lipinski definition) is 37. The van der Waals surface area contributed by atoms with E-state index in [1.54, 1.807) is 6.08 Å². The Hall–Kier alpha value is -3.21. The first-order chi connectivity index (χ1) is 57.5. The highest BCUT2D eigenvalue weighted by Gasteiger charge is 2.59. The van der Waals surface area contributed by atoms with Crippen LogP contribution in [0, 0.1) is 0 Å². The normalized spacial score (nSPS) is 39.4. The van der Waals surface area contributed by atoms with Crippen LogP contribution in [0.25, 0.3) is 0 Å². The van der Waals surface area contributed by atoms with Crippen molar-refractivity contribution in [1.82, 2.24) is 16.0 Å². The zero-order valence-electron chi connectivity index (χ0n) is 69.7. The van der Waals surface area contributed by atoms with Crippen molar-refractivity contribution in [2.24, 2.45) is 0 Å². The molecular formula is C80H143N3O37. The zero-order valence-corrected chi connectivity index (χ0v) is 69.7. The molecule has 40 nitrogen and oxygen atoms in total. The van der Waals surface area contributed by atoms with Gasteiger partial charge in [0.15, 0.2) is 44.0 Å². The van der Waals surface area contributed by atoms with Crippen molar-refractivity contribution < 1.29 is 183 Å². The molecule has 120 heavy (non-hydrogen) atoms. The van der Waals surface area contributed by atoms with Crippen LogP contribution in [-0.2, 0) is 80.7 Å². The minimum absolute atomic E-state index is 0.165. The van der Waals surface area contributed by atoms with E-state index in [0.29, 0.717) is 12.8 Å². The van der Waals surface area contributed by atoms with E-state index in [0.717, 1.165) is 65.2 Å². The number of ether oxygens (including phenoxy) is 14. The molecule has 0 saturated carbocycles. The highest BCUT2D eigenvalue weighted by molar-refractivity contribution is 5.76. The molecule has 7 heterocycles. The molecule has 0 radical (unpaired) electrons. The van der Waals surface area contributed by atoms with E-state index in [4.69, 9.17) is 66.3 Å². The van der Waals surface area contributed by atoms with Crippen LogP contribution < -0.4 is 16.0 Å². The molecule has 7 saturated heterocycles. The van der Waals surface area contributed by atoms with Crippen LogP contribution in [0.1, 0.15) is 202 Å². The molecule has 3 amide bonds. The molecule has 37 atom stereocenters. The molecule has 0 bridgehead atoms. The van der Waals surface area contributed by atoms with Crippen molar-refractivity contribution in [3.05, 3.63) is 12.2 Å². The van der Waals surface area contributed by atoms with E-state index in [2.05, 4.69) is 29.8 Å². The van der Waals surface area contributed by atoms with Gasteiger partial charge in [-0.2, -0.15) is 0 Å². The van der Waals surface area contributed by atoms with Gasteiger partial charge in [0.1, 0.15) is 165 Å². The quantitative estimate of drug-likeness (QED) is 0.0202. The summed E-state index contributed by atoms with van der Waals surface area (Å²) in [6.45, 7) is 1.16. The third-order valence-electron chi connectivity index (χ3n) is 23.3. The number of allylic oxidation sites excluding steroid dienone is 1. The van der Waals surface area contributed by atoms with Crippen molar-refractivity contribution in [2.75, 3.05) is 46.2 Å². The molecule has 700 valence electrons. The minimum atomic E-state index is -2.36. The van der Waals surface area contributed by atoms with Gasteiger partial charge in [-0.05, 0) is 26.2 Å². The van der Waals surface area contributed by atoms with Gasteiger partial charge >= 0.3 is 0 Å². The predicted molar refractivity (Wildman–Crippen MR) is 416 cm³/mol. The van der Waals surface area contributed by atoms with E-state index < -0.39 is 285 Å². The molecule has 40 heteroatoms. The molecule has 7 aliphatic rings. The summed E-state index contributed by atoms with van der Waals surface area (Å²) in [5, 5.41) is 232. The zero-order chi connectivity index (χ0) is 87.9. The van der Waals surface area contributed by atoms with Gasteiger partial charge in [-0.25, -0.2) is 0 Å². The third-order valence-corrected chi connectivity index (χ3v) is 23.3. The Morgan fingerprint density at radius 3 is 1.23 bits per heavy atom. The summed E-state index contributed by atoms with van der Waals surface area (Å²) < 4.78 is 83.1. The number of aliphatic hydroxyl groups excluding tert-OH is 20. The van der Waals surface area contributed by atoms with Crippen LogP contribution in [0.5, 0.6) is 0 Å². The molecule has 14 unspecified atom stereocenters. The Morgan fingerprint density at radius 1 is 0.358 bits per heavy atom. The lowest BCUT2D eigenvalue weighted by Gasteiger charge is -2.51. The monoisotopic (exact) mass is 1740 g/mol. The second-order valence-electron chi connectivity index (χ2n) is 32.8. The smallest absolute Gasteiger partial charge is 0.220 e. The van der Waals surface area contributed by atoms with Gasteiger partial charge in [-0.15, -0.1) is 0 Å². The van der Waals surface area contributed by atoms with Crippen LogP contribution in [0.15, 0.2) is 12.2 Å². The number of rotatable bonds is 52. The Bertz CT molecular complexity index is 2870. The topological polar surface area (TPSA) is 621 Å². The second kappa shape index (κ2) is 53.6. The summed E-state index contributed by atoms with van der Waals surface area (Å²) >= 11 is 0. The van der Waals surface area contributed by atoms with Crippen LogP contribution in [0.2, 0.25) is 0 Å². The fourth-order valence-electron chi connectivity index (χ4n) is 16.1. The summed E-state index contributed by atoms with van der Waals surface area (Å²) in [6, 6.07) is -4.71. The maximum atomic E-state index is 13.5. The van der Waals surface area contributed by atoms with E-state index in [1.807, 2.05) is 6.08 Å². The molecule has 7 aliphatic heterocycles. The summed E-state index contributed by atoms with van der Waals surface area (Å²) in [5.41, 5.74) is 0. The van der Waals surface area contributed by atoms with Gasteiger partial charge in [0.2, 0.25) is 17.7 Å². The van der Waals surface area contributed by atoms with Crippen LogP contribution in [0.4, 0.5) is 0 Å². The number of unbranched alkanes of at least 4 members (excludes halogenated alkanes) is 23. The maximum absolute atomic E-state index is 13.5. The fraction of sp³-hybridized carbons (Fsp3) is 0.938. The summed E-state index contributed by atoms with van der Waals surface area (Å²) in [4.78, 5) is 39.7. The van der Waals surface area contributed by atoms with Crippen molar-refractivity contribution in [3.8, 4) is 0 Å². The molecular weight excluding hydrogens is 1590 g/mol. The van der Waals surface area contributed by atoms with Gasteiger partial charge in [0.05, 0.1) is 64.5 Å². The second-order valence-corrected chi connectivity index (χ2v) is 32.8. The third kappa shape index (κ3) is 29.9. The maximum Gasteiger partial charge on any atom is 0.220 e. The number of nitrogens with one attached hydrogen (secondary N) is 3. The first-order valence-corrected chi connectivity index (χ1v) is 43.3. The number of carbonyl (C=O) groups is 3. The summed E-state index contributed by atoms with van der Waals surface area (Å²) in [7, 11) is 0. The number of hydrogen-bond donors (Lipinski definition) is 23. The van der Waals surface area contributed by atoms with Crippen molar-refractivity contribution in [1.29, 1.82) is 0 Å². The van der Waals surface area contributed by atoms with Crippen LogP contribution >= 0.6 is 0 Å². The Kier molecular flexibility index (Phi) is 46.3. The van der Waals surface area contributed by atoms with E-state index in [9.17, 15) is 117 Å². The highest BCUT2D eigenvalue weighted by Crippen LogP contribution is 2.39. The fourth-order valence-corrected chi connectivity index (χ4v) is 16.1.